The highest BCUT2D eigenvalue weighted by Crippen LogP contribution is 2.14. The molecule has 1 N–H and O–H groups in total. The van der Waals surface area contributed by atoms with Crippen LogP contribution in [0.15, 0.2) is 0 Å². The summed E-state index contributed by atoms with van der Waals surface area (Å²) >= 11 is 0. The zero-order chi connectivity index (χ0) is 14.3. The number of rotatable bonds is 8. The first-order valence-electron chi connectivity index (χ1n) is 7.82. The maximum absolute atomic E-state index is 9.25. The molecule has 0 spiro atoms. The number of hydrogen-bond donors (Lipinski definition) is 1. The summed E-state index contributed by atoms with van der Waals surface area (Å²) in [6.45, 7) is 13.8. The van der Waals surface area contributed by atoms with Crippen molar-refractivity contribution in [3.05, 3.63) is 0 Å². The van der Waals surface area contributed by atoms with Crippen LogP contribution < -0.4 is 0 Å². The Hall–Kier alpha value is -0.160. The van der Waals surface area contributed by atoms with Crippen LogP contribution in [0.1, 0.15) is 40.5 Å². The van der Waals surface area contributed by atoms with Crippen LogP contribution >= 0.6 is 0 Å². The Morgan fingerprint density at radius 3 is 2.53 bits per heavy atom. The molecule has 0 aromatic rings. The summed E-state index contributed by atoms with van der Waals surface area (Å²) in [5.41, 5.74) is 0. The third-order valence-corrected chi connectivity index (χ3v) is 4.18. The minimum Gasteiger partial charge on any atom is -0.395 e. The number of aliphatic hydroxyl groups excluding tert-OH is 1. The molecule has 19 heavy (non-hydrogen) atoms. The molecule has 0 amide bonds. The van der Waals surface area contributed by atoms with Crippen LogP contribution in [0.3, 0.4) is 0 Å². The van der Waals surface area contributed by atoms with Crippen molar-refractivity contribution < 1.29 is 9.84 Å². The number of morpholine rings is 1. The second-order valence-electron chi connectivity index (χ2n) is 5.77. The first-order chi connectivity index (χ1) is 9.12. The van der Waals surface area contributed by atoms with Crippen LogP contribution in [-0.4, -0.2) is 72.5 Å². The van der Waals surface area contributed by atoms with Gasteiger partial charge in [-0.25, -0.2) is 0 Å². The molecule has 1 fully saturated rings. The lowest BCUT2D eigenvalue weighted by Crippen LogP contribution is -2.51. The third kappa shape index (κ3) is 5.38. The number of nitrogens with zero attached hydrogens (tertiary/aromatic N) is 2. The first-order valence-corrected chi connectivity index (χ1v) is 7.82. The molecule has 1 atom stereocenters. The van der Waals surface area contributed by atoms with E-state index in [1.54, 1.807) is 0 Å². The van der Waals surface area contributed by atoms with Gasteiger partial charge in [0.1, 0.15) is 0 Å². The van der Waals surface area contributed by atoms with Gasteiger partial charge in [0, 0.05) is 38.3 Å². The van der Waals surface area contributed by atoms with Crippen molar-refractivity contribution in [2.24, 2.45) is 0 Å². The van der Waals surface area contributed by atoms with Crippen LogP contribution in [0.4, 0.5) is 0 Å². The minimum atomic E-state index is 0.233. The van der Waals surface area contributed by atoms with Gasteiger partial charge in [0.2, 0.25) is 0 Å². The van der Waals surface area contributed by atoms with Crippen molar-refractivity contribution in [1.29, 1.82) is 0 Å². The molecule has 114 valence electrons. The van der Waals surface area contributed by atoms with Crippen molar-refractivity contribution in [1.82, 2.24) is 9.80 Å². The van der Waals surface area contributed by atoms with Crippen molar-refractivity contribution in [3.63, 3.8) is 0 Å². The predicted octanol–water partition coefficient (Wildman–Crippen LogP) is 1.58. The summed E-state index contributed by atoms with van der Waals surface area (Å²) in [5.74, 6) is 0. The zero-order valence-electron chi connectivity index (χ0n) is 13.1. The molecular formula is C15H32N2O2. The van der Waals surface area contributed by atoms with Gasteiger partial charge in [-0.05, 0) is 26.7 Å². The number of aliphatic hydroxyl groups is 1. The van der Waals surface area contributed by atoms with Crippen LogP contribution in [0.25, 0.3) is 0 Å². The molecule has 1 saturated heterocycles. The summed E-state index contributed by atoms with van der Waals surface area (Å²) in [6.07, 6.45) is 2.55. The molecule has 4 nitrogen and oxygen atoms in total. The molecule has 1 aliphatic heterocycles. The lowest BCUT2D eigenvalue weighted by Gasteiger charge is -2.39. The van der Waals surface area contributed by atoms with Crippen molar-refractivity contribution in [2.45, 2.75) is 58.7 Å². The summed E-state index contributed by atoms with van der Waals surface area (Å²) < 4.78 is 5.91. The van der Waals surface area contributed by atoms with Crippen LogP contribution in [-0.2, 0) is 4.74 Å². The van der Waals surface area contributed by atoms with Gasteiger partial charge in [-0.1, -0.05) is 13.8 Å². The minimum absolute atomic E-state index is 0.233. The highest BCUT2D eigenvalue weighted by atomic mass is 16.5. The van der Waals surface area contributed by atoms with Crippen LogP contribution in [0, 0.1) is 0 Å². The summed E-state index contributed by atoms with van der Waals surface area (Å²) in [7, 11) is 0. The van der Waals surface area contributed by atoms with E-state index >= 15 is 0 Å². The Morgan fingerprint density at radius 1 is 1.32 bits per heavy atom. The molecule has 1 heterocycles. The van der Waals surface area contributed by atoms with E-state index in [9.17, 15) is 5.11 Å². The summed E-state index contributed by atoms with van der Waals surface area (Å²) in [5, 5.41) is 9.25. The van der Waals surface area contributed by atoms with Gasteiger partial charge >= 0.3 is 0 Å². The van der Waals surface area contributed by atoms with Crippen molar-refractivity contribution in [2.75, 3.05) is 39.4 Å². The monoisotopic (exact) mass is 272 g/mol. The van der Waals surface area contributed by atoms with Gasteiger partial charge < -0.3 is 9.84 Å². The van der Waals surface area contributed by atoms with Gasteiger partial charge in [0.15, 0.2) is 0 Å². The molecule has 0 aromatic carbocycles. The zero-order valence-corrected chi connectivity index (χ0v) is 13.1. The highest BCUT2D eigenvalue weighted by Gasteiger charge is 2.26. The first kappa shape index (κ1) is 16.9. The molecule has 0 aromatic heterocycles. The highest BCUT2D eigenvalue weighted by molar-refractivity contribution is 4.79. The second-order valence-corrected chi connectivity index (χ2v) is 5.77. The summed E-state index contributed by atoms with van der Waals surface area (Å²) in [6, 6.07) is 1.15. The third-order valence-electron chi connectivity index (χ3n) is 4.18. The normalized spacial score (nSPS) is 21.8. The van der Waals surface area contributed by atoms with E-state index in [0.29, 0.717) is 12.1 Å². The van der Waals surface area contributed by atoms with E-state index in [1.165, 1.54) is 0 Å². The average molecular weight is 272 g/mol. The number of ether oxygens (including phenoxy) is 1. The molecule has 0 radical (unpaired) electrons. The molecule has 1 aliphatic rings. The Morgan fingerprint density at radius 2 is 2.00 bits per heavy atom. The Bertz CT molecular complexity index is 232. The fourth-order valence-electron chi connectivity index (χ4n) is 2.94. The largest absolute Gasteiger partial charge is 0.395 e. The maximum Gasteiger partial charge on any atom is 0.0829 e. The van der Waals surface area contributed by atoms with Crippen molar-refractivity contribution >= 4 is 0 Å². The van der Waals surface area contributed by atoms with Crippen LogP contribution in [0.2, 0.25) is 0 Å². The molecule has 1 unspecified atom stereocenters. The van der Waals surface area contributed by atoms with E-state index in [0.717, 1.165) is 45.6 Å². The van der Waals surface area contributed by atoms with Gasteiger partial charge in [0.25, 0.3) is 0 Å². The fraction of sp³-hybridized carbons (Fsp3) is 1.00. The average Bonchev–Trinajstić information content (AvgIpc) is 2.40. The molecule has 4 heteroatoms. The topological polar surface area (TPSA) is 35.9 Å². The SMILES string of the molecule is CCC(CC)N(CCO)CC1CN(C(C)C)CCO1. The van der Waals surface area contributed by atoms with Crippen LogP contribution in [0.5, 0.6) is 0 Å². The summed E-state index contributed by atoms with van der Waals surface area (Å²) in [4.78, 5) is 4.88. The van der Waals surface area contributed by atoms with Gasteiger partial charge in [-0.3, -0.25) is 9.80 Å². The fourth-order valence-corrected chi connectivity index (χ4v) is 2.94. The Balaban J connectivity index is 2.52. The standard InChI is InChI=1S/C15H32N2O2/c1-5-14(6-2)17(7-9-18)12-15-11-16(13(3)4)8-10-19-15/h13-15,18H,5-12H2,1-4H3. The quantitative estimate of drug-likeness (QED) is 0.728. The van der Waals surface area contributed by atoms with E-state index in [2.05, 4.69) is 37.5 Å². The molecular weight excluding hydrogens is 240 g/mol. The Labute approximate surface area is 118 Å². The van der Waals surface area contributed by atoms with E-state index < -0.39 is 0 Å². The maximum atomic E-state index is 9.25. The van der Waals surface area contributed by atoms with Gasteiger partial charge in [-0.2, -0.15) is 0 Å². The van der Waals surface area contributed by atoms with Gasteiger partial charge in [0.05, 0.1) is 19.3 Å². The predicted molar refractivity (Wildman–Crippen MR) is 79.5 cm³/mol. The lowest BCUT2D eigenvalue weighted by atomic mass is 10.1. The van der Waals surface area contributed by atoms with Crippen molar-refractivity contribution in [3.8, 4) is 0 Å². The smallest absolute Gasteiger partial charge is 0.0829 e. The molecule has 1 rings (SSSR count). The van der Waals surface area contributed by atoms with E-state index in [-0.39, 0.29) is 12.7 Å². The van der Waals surface area contributed by atoms with E-state index in [1.807, 2.05) is 0 Å². The number of hydrogen-bond acceptors (Lipinski definition) is 4. The lowest BCUT2D eigenvalue weighted by molar-refractivity contribution is -0.0588. The van der Waals surface area contributed by atoms with E-state index in [4.69, 9.17) is 4.74 Å². The Kier molecular flexibility index (Phi) is 7.91. The molecule has 0 saturated carbocycles. The molecule has 0 bridgehead atoms. The molecule has 0 aliphatic carbocycles. The van der Waals surface area contributed by atoms with Gasteiger partial charge in [-0.15, -0.1) is 0 Å². The second kappa shape index (κ2) is 8.90.